The maximum Gasteiger partial charge on any atom is 0.318 e. The highest BCUT2D eigenvalue weighted by Gasteiger charge is 2.49. The fourth-order valence-electron chi connectivity index (χ4n) is 3.82. The number of ether oxygens (including phenoxy) is 2. The van der Waals surface area contributed by atoms with Crippen LogP contribution in [0.5, 0.6) is 0 Å². The second-order valence-electron chi connectivity index (χ2n) is 7.49. The van der Waals surface area contributed by atoms with E-state index in [1.807, 2.05) is 0 Å². The third kappa shape index (κ3) is 4.17. The van der Waals surface area contributed by atoms with E-state index in [4.69, 9.17) is 9.47 Å². The van der Waals surface area contributed by atoms with E-state index < -0.39 is 23.3 Å². The number of nitrogens with zero attached hydrogens (tertiary/aromatic N) is 2. The molecule has 2 atom stereocenters. The van der Waals surface area contributed by atoms with Gasteiger partial charge in [0.25, 0.3) is 0 Å². The lowest BCUT2D eigenvalue weighted by atomic mass is 9.67. The zero-order chi connectivity index (χ0) is 21.9. The van der Waals surface area contributed by atoms with Crippen LogP contribution in [-0.4, -0.2) is 50.6 Å². The molecule has 1 aliphatic rings. The zero-order valence-corrected chi connectivity index (χ0v) is 17.1. The van der Waals surface area contributed by atoms with E-state index in [9.17, 15) is 19.2 Å². The van der Waals surface area contributed by atoms with Crippen molar-refractivity contribution < 1.29 is 28.7 Å². The average molecular weight is 416 g/mol. The van der Waals surface area contributed by atoms with Gasteiger partial charge in [0.1, 0.15) is 12.0 Å². The number of hydrogen-bond donors (Lipinski definition) is 2. The van der Waals surface area contributed by atoms with Gasteiger partial charge in [-0.2, -0.15) is 0 Å². The van der Waals surface area contributed by atoms with Crippen molar-refractivity contribution in [2.75, 3.05) is 7.11 Å². The number of carbonyl (C=O) groups is 4. The number of H-pyrrole nitrogens is 2. The summed E-state index contributed by atoms with van der Waals surface area (Å²) >= 11 is 0. The number of Topliss-reactive ketones (excluding diaryl/α,β-unsaturated/α-hetero) is 2. The lowest BCUT2D eigenvalue weighted by Gasteiger charge is -2.37. The van der Waals surface area contributed by atoms with E-state index >= 15 is 0 Å². The average Bonchev–Trinajstić information content (AvgIpc) is 3.41. The number of aromatic amines is 2. The third-order valence-electron chi connectivity index (χ3n) is 5.42. The second-order valence-corrected chi connectivity index (χ2v) is 7.49. The van der Waals surface area contributed by atoms with Crippen LogP contribution in [-0.2, 0) is 31.1 Å². The van der Waals surface area contributed by atoms with Crippen LogP contribution in [0.4, 0.5) is 0 Å². The molecule has 30 heavy (non-hydrogen) atoms. The molecule has 2 aromatic heterocycles. The van der Waals surface area contributed by atoms with E-state index in [1.54, 1.807) is 0 Å². The largest absolute Gasteiger partial charge is 0.469 e. The summed E-state index contributed by atoms with van der Waals surface area (Å²) in [4.78, 5) is 62.2. The van der Waals surface area contributed by atoms with Gasteiger partial charge in [0.05, 0.1) is 30.6 Å². The molecule has 0 aromatic carbocycles. The summed E-state index contributed by atoms with van der Waals surface area (Å²) in [5.41, 5.74) is -0.264. The Morgan fingerprint density at radius 2 is 1.77 bits per heavy atom. The summed E-state index contributed by atoms with van der Waals surface area (Å²) in [7, 11) is 1.31. The van der Waals surface area contributed by atoms with Gasteiger partial charge in [0.2, 0.25) is 0 Å². The normalized spacial score (nSPS) is 21.1. The molecule has 1 fully saturated rings. The van der Waals surface area contributed by atoms with Crippen molar-refractivity contribution in [3.05, 3.63) is 35.4 Å². The lowest BCUT2D eigenvalue weighted by Crippen LogP contribution is -2.44. The molecule has 2 heterocycles. The molecule has 0 spiro atoms. The smallest absolute Gasteiger partial charge is 0.318 e. The Morgan fingerprint density at radius 1 is 1.10 bits per heavy atom. The minimum absolute atomic E-state index is 0.114. The van der Waals surface area contributed by atoms with Gasteiger partial charge in [-0.3, -0.25) is 19.2 Å². The third-order valence-corrected chi connectivity index (χ3v) is 5.42. The molecule has 10 nitrogen and oxygen atoms in total. The Hall–Kier alpha value is -3.30. The van der Waals surface area contributed by atoms with Crippen molar-refractivity contribution >= 4 is 23.5 Å². The molecule has 0 aliphatic heterocycles. The quantitative estimate of drug-likeness (QED) is 0.514. The van der Waals surface area contributed by atoms with Crippen molar-refractivity contribution in [3.63, 3.8) is 0 Å². The monoisotopic (exact) mass is 416 g/mol. The fourth-order valence-corrected chi connectivity index (χ4v) is 3.82. The Bertz CT molecular complexity index is 978. The molecule has 3 rings (SSSR count). The van der Waals surface area contributed by atoms with Gasteiger partial charge >= 0.3 is 11.9 Å². The number of hydrogen-bond acceptors (Lipinski definition) is 8. The van der Waals surface area contributed by atoms with Crippen LogP contribution in [0, 0.1) is 5.92 Å². The Balaban J connectivity index is 1.87. The van der Waals surface area contributed by atoms with Crippen LogP contribution >= 0.6 is 0 Å². The van der Waals surface area contributed by atoms with Crippen molar-refractivity contribution in [3.8, 4) is 0 Å². The standard InChI is InChI=1S/C20H24N4O6/c1-11(25)16-21-8-14(23-16)10-30-19(28)20(15-9-22-17(24-15)12(2)26)6-4-5-13(7-20)18(27)29-3/h8-9,13H,4-7,10H2,1-3H3,(H,21,23)(H,22,24)/t13-,20+/m1/s1. The van der Waals surface area contributed by atoms with Crippen molar-refractivity contribution in [2.24, 2.45) is 5.92 Å². The molecule has 0 saturated heterocycles. The van der Waals surface area contributed by atoms with E-state index in [2.05, 4.69) is 19.9 Å². The Kier molecular flexibility index (Phi) is 6.14. The zero-order valence-electron chi connectivity index (χ0n) is 17.1. The molecule has 1 aliphatic carbocycles. The number of methoxy groups -OCH3 is 1. The number of ketones is 2. The first kappa shape index (κ1) is 21.4. The molecule has 0 bridgehead atoms. The molecule has 10 heteroatoms. The summed E-state index contributed by atoms with van der Waals surface area (Å²) in [5.74, 6) is -1.59. The summed E-state index contributed by atoms with van der Waals surface area (Å²) in [6.07, 6.45) is 4.68. The number of aromatic nitrogens is 4. The first-order chi connectivity index (χ1) is 14.3. The molecule has 160 valence electrons. The topological polar surface area (TPSA) is 144 Å². The predicted octanol–water partition coefficient (Wildman–Crippen LogP) is 1.88. The highest BCUT2D eigenvalue weighted by molar-refractivity contribution is 5.91. The predicted molar refractivity (Wildman–Crippen MR) is 103 cm³/mol. The van der Waals surface area contributed by atoms with Gasteiger partial charge in [-0.25, -0.2) is 9.97 Å². The van der Waals surface area contributed by atoms with Gasteiger partial charge in [-0.1, -0.05) is 6.42 Å². The van der Waals surface area contributed by atoms with Gasteiger partial charge in [-0.15, -0.1) is 0 Å². The van der Waals surface area contributed by atoms with Crippen LogP contribution in [0.2, 0.25) is 0 Å². The summed E-state index contributed by atoms with van der Waals surface area (Å²) in [6.45, 7) is 2.64. The first-order valence-electron chi connectivity index (χ1n) is 9.63. The first-order valence-corrected chi connectivity index (χ1v) is 9.63. The number of nitrogens with one attached hydrogen (secondary N) is 2. The van der Waals surface area contributed by atoms with E-state index in [1.165, 1.54) is 33.4 Å². The number of rotatable bonds is 7. The molecule has 1 saturated carbocycles. The Morgan fingerprint density at radius 3 is 2.37 bits per heavy atom. The molecular weight excluding hydrogens is 392 g/mol. The SMILES string of the molecule is COC(=O)[C@@H]1CCC[C@@](C(=O)OCc2cnc(C(C)=O)[nH]2)(c2cnc(C(C)=O)[nH]2)C1. The fraction of sp³-hybridized carbons (Fsp3) is 0.500. The number of imidazole rings is 2. The molecule has 0 radical (unpaired) electrons. The van der Waals surface area contributed by atoms with Crippen molar-refractivity contribution in [2.45, 2.75) is 51.6 Å². The second kappa shape index (κ2) is 8.60. The van der Waals surface area contributed by atoms with Gasteiger partial charge in [0, 0.05) is 20.0 Å². The minimum atomic E-state index is -1.17. The summed E-state index contributed by atoms with van der Waals surface area (Å²) < 4.78 is 10.4. The number of carbonyl (C=O) groups excluding carboxylic acids is 4. The van der Waals surface area contributed by atoms with Crippen LogP contribution in [0.3, 0.4) is 0 Å². The summed E-state index contributed by atoms with van der Waals surface area (Å²) in [6, 6.07) is 0. The summed E-state index contributed by atoms with van der Waals surface area (Å²) in [5, 5.41) is 0. The molecular formula is C20H24N4O6. The van der Waals surface area contributed by atoms with Crippen LogP contribution in [0.1, 0.15) is 72.2 Å². The van der Waals surface area contributed by atoms with E-state index in [0.29, 0.717) is 30.7 Å². The van der Waals surface area contributed by atoms with Gasteiger partial charge in [0.15, 0.2) is 23.2 Å². The molecule has 2 aromatic rings. The van der Waals surface area contributed by atoms with Crippen molar-refractivity contribution in [1.29, 1.82) is 0 Å². The van der Waals surface area contributed by atoms with Crippen molar-refractivity contribution in [1.82, 2.24) is 19.9 Å². The van der Waals surface area contributed by atoms with Crippen LogP contribution in [0.15, 0.2) is 12.4 Å². The Labute approximate surface area is 172 Å². The van der Waals surface area contributed by atoms with E-state index in [-0.39, 0.29) is 36.2 Å². The highest BCUT2D eigenvalue weighted by atomic mass is 16.5. The lowest BCUT2D eigenvalue weighted by molar-refractivity contribution is -0.157. The minimum Gasteiger partial charge on any atom is -0.469 e. The van der Waals surface area contributed by atoms with E-state index in [0.717, 1.165) is 0 Å². The molecule has 0 amide bonds. The van der Waals surface area contributed by atoms with Gasteiger partial charge < -0.3 is 19.4 Å². The number of esters is 2. The maximum atomic E-state index is 13.3. The van der Waals surface area contributed by atoms with Crippen LogP contribution < -0.4 is 0 Å². The molecule has 2 N–H and O–H groups in total. The highest BCUT2D eigenvalue weighted by Crippen LogP contribution is 2.43. The van der Waals surface area contributed by atoms with Gasteiger partial charge in [-0.05, 0) is 19.3 Å². The maximum absolute atomic E-state index is 13.3. The van der Waals surface area contributed by atoms with Crippen LogP contribution in [0.25, 0.3) is 0 Å². The molecule has 0 unspecified atom stereocenters.